The van der Waals surface area contributed by atoms with Crippen LogP contribution in [0.1, 0.15) is 37.4 Å². The molecule has 2 aliphatic heterocycles. The first-order chi connectivity index (χ1) is 13.9. The number of nitrogens with one attached hydrogen (secondary N) is 1. The fourth-order valence-corrected chi connectivity index (χ4v) is 4.98. The number of ether oxygens (including phenoxy) is 2. The van der Waals surface area contributed by atoms with Crippen LogP contribution in [-0.2, 0) is 21.2 Å². The lowest BCUT2D eigenvalue weighted by Gasteiger charge is -2.21. The summed E-state index contributed by atoms with van der Waals surface area (Å²) in [6.07, 6.45) is 1.08. The molecule has 2 heterocycles. The molecule has 1 atom stereocenters. The average Bonchev–Trinajstić information content (AvgIpc) is 3.16. The lowest BCUT2D eigenvalue weighted by atomic mass is 10.1. The van der Waals surface area contributed by atoms with Crippen molar-refractivity contribution in [2.24, 2.45) is 0 Å². The Labute approximate surface area is 170 Å². The molecule has 7 nitrogen and oxygen atoms in total. The molecule has 154 valence electrons. The summed E-state index contributed by atoms with van der Waals surface area (Å²) in [4.78, 5) is 14.0. The van der Waals surface area contributed by atoms with E-state index in [1.807, 2.05) is 13.0 Å². The summed E-state index contributed by atoms with van der Waals surface area (Å²) in [5.74, 6) is 1.34. The van der Waals surface area contributed by atoms with Gasteiger partial charge in [-0.1, -0.05) is 13.0 Å². The highest BCUT2D eigenvalue weighted by Crippen LogP contribution is 2.34. The first-order valence-electron chi connectivity index (χ1n) is 9.74. The molecule has 2 aliphatic rings. The monoisotopic (exact) mass is 416 g/mol. The van der Waals surface area contributed by atoms with Gasteiger partial charge in [0.05, 0.1) is 4.90 Å². The second kappa shape index (κ2) is 7.68. The Morgan fingerprint density at radius 3 is 2.66 bits per heavy atom. The topological polar surface area (TPSA) is 84.9 Å². The van der Waals surface area contributed by atoms with Crippen LogP contribution in [0.2, 0.25) is 0 Å². The van der Waals surface area contributed by atoms with Gasteiger partial charge < -0.3 is 14.4 Å². The molecule has 1 amide bonds. The van der Waals surface area contributed by atoms with Gasteiger partial charge in [-0.05, 0) is 54.8 Å². The highest BCUT2D eigenvalue weighted by atomic mass is 32.2. The van der Waals surface area contributed by atoms with Gasteiger partial charge in [0, 0.05) is 24.7 Å². The Hall–Kier alpha value is -2.58. The zero-order valence-corrected chi connectivity index (χ0v) is 17.3. The predicted molar refractivity (Wildman–Crippen MR) is 109 cm³/mol. The van der Waals surface area contributed by atoms with E-state index in [-0.39, 0.29) is 10.8 Å². The molecule has 0 fully saturated rings. The molecule has 29 heavy (non-hydrogen) atoms. The van der Waals surface area contributed by atoms with E-state index in [0.717, 1.165) is 16.8 Å². The number of fused-ring (bicyclic) bond motifs is 2. The smallest absolute Gasteiger partial charge is 0.241 e. The van der Waals surface area contributed by atoms with Gasteiger partial charge >= 0.3 is 0 Å². The first kappa shape index (κ1) is 19.7. The van der Waals surface area contributed by atoms with E-state index >= 15 is 0 Å². The second-order valence-electron chi connectivity index (χ2n) is 7.19. The Balaban J connectivity index is 1.54. The number of amides is 1. The SMILES string of the molecule is CCC(=O)N1CCc2cc(S(=O)(=O)N[C@@H](C)c3ccc4c(c3)OCCO4)ccc21. The standard InChI is InChI=1S/C21H24N2O5S/c1-3-21(24)23-9-8-16-12-17(5-6-18(16)23)29(25,26)22-14(2)15-4-7-19-20(13-15)28-11-10-27-19/h4-7,12-14,22H,3,8-11H2,1-2H3/t14-/m0/s1. The third kappa shape index (κ3) is 3.82. The lowest BCUT2D eigenvalue weighted by Crippen LogP contribution is -2.28. The minimum absolute atomic E-state index is 0.0460. The van der Waals surface area contributed by atoms with Crippen molar-refractivity contribution in [3.63, 3.8) is 0 Å². The van der Waals surface area contributed by atoms with E-state index in [4.69, 9.17) is 9.47 Å². The van der Waals surface area contributed by atoms with Crippen molar-refractivity contribution in [1.82, 2.24) is 4.72 Å². The van der Waals surface area contributed by atoms with Crippen LogP contribution in [-0.4, -0.2) is 34.1 Å². The van der Waals surface area contributed by atoms with Gasteiger partial charge in [-0.3, -0.25) is 4.79 Å². The quantitative estimate of drug-likeness (QED) is 0.810. The molecule has 0 aromatic heterocycles. The molecule has 0 saturated carbocycles. The summed E-state index contributed by atoms with van der Waals surface area (Å²) in [7, 11) is -3.72. The van der Waals surface area contributed by atoms with E-state index in [1.54, 1.807) is 42.2 Å². The summed E-state index contributed by atoms with van der Waals surface area (Å²) in [5.41, 5.74) is 2.47. The zero-order valence-electron chi connectivity index (χ0n) is 16.5. The molecule has 1 N–H and O–H groups in total. The Bertz CT molecular complexity index is 1050. The van der Waals surface area contributed by atoms with Crippen LogP contribution in [0, 0.1) is 0 Å². The highest BCUT2D eigenvalue weighted by molar-refractivity contribution is 7.89. The van der Waals surface area contributed by atoms with Crippen LogP contribution in [0.3, 0.4) is 0 Å². The van der Waals surface area contributed by atoms with Crippen molar-refractivity contribution >= 4 is 21.6 Å². The third-order valence-electron chi connectivity index (χ3n) is 5.26. The van der Waals surface area contributed by atoms with Crippen LogP contribution < -0.4 is 19.1 Å². The summed E-state index contributed by atoms with van der Waals surface area (Å²) < 4.78 is 39.7. The Morgan fingerprint density at radius 1 is 1.14 bits per heavy atom. The van der Waals surface area contributed by atoms with Gasteiger partial charge in [-0.25, -0.2) is 13.1 Å². The number of hydrogen-bond donors (Lipinski definition) is 1. The van der Waals surface area contributed by atoms with Crippen LogP contribution in [0.25, 0.3) is 0 Å². The van der Waals surface area contributed by atoms with Crippen LogP contribution in [0.4, 0.5) is 5.69 Å². The second-order valence-corrected chi connectivity index (χ2v) is 8.90. The van der Waals surface area contributed by atoms with Crippen molar-refractivity contribution in [2.75, 3.05) is 24.7 Å². The number of carbonyl (C=O) groups is 1. The van der Waals surface area contributed by atoms with Crippen molar-refractivity contribution in [1.29, 1.82) is 0 Å². The van der Waals surface area contributed by atoms with Crippen molar-refractivity contribution in [3.05, 3.63) is 47.5 Å². The van der Waals surface area contributed by atoms with E-state index in [1.165, 1.54) is 0 Å². The van der Waals surface area contributed by atoms with Crippen molar-refractivity contribution < 1.29 is 22.7 Å². The molecular weight excluding hydrogens is 392 g/mol. The third-order valence-corrected chi connectivity index (χ3v) is 6.80. The number of rotatable bonds is 5. The van der Waals surface area contributed by atoms with Crippen LogP contribution in [0.15, 0.2) is 41.3 Å². The summed E-state index contributed by atoms with van der Waals surface area (Å²) in [6, 6.07) is 9.93. The molecule has 0 radical (unpaired) electrons. The van der Waals surface area contributed by atoms with Crippen LogP contribution in [0.5, 0.6) is 11.5 Å². The molecule has 8 heteroatoms. The average molecular weight is 416 g/mol. The number of benzene rings is 2. The van der Waals surface area contributed by atoms with Crippen molar-refractivity contribution in [2.45, 2.75) is 37.6 Å². The van der Waals surface area contributed by atoms with E-state index in [9.17, 15) is 13.2 Å². The van der Waals surface area contributed by atoms with Gasteiger partial charge in [-0.2, -0.15) is 0 Å². The zero-order chi connectivity index (χ0) is 20.6. The molecule has 4 rings (SSSR count). The maximum atomic E-state index is 12.9. The Kier molecular flexibility index (Phi) is 5.23. The van der Waals surface area contributed by atoms with Gasteiger partial charge in [0.2, 0.25) is 15.9 Å². The number of sulfonamides is 1. The van der Waals surface area contributed by atoms with Crippen LogP contribution >= 0.6 is 0 Å². The summed E-state index contributed by atoms with van der Waals surface area (Å²) in [6.45, 7) is 5.18. The largest absolute Gasteiger partial charge is 0.486 e. The van der Waals surface area contributed by atoms with E-state index in [0.29, 0.717) is 44.1 Å². The van der Waals surface area contributed by atoms with E-state index < -0.39 is 16.1 Å². The molecule has 2 aromatic rings. The molecule has 0 saturated heterocycles. The minimum Gasteiger partial charge on any atom is -0.486 e. The molecular formula is C21H24N2O5S. The van der Waals surface area contributed by atoms with Gasteiger partial charge in [0.25, 0.3) is 0 Å². The van der Waals surface area contributed by atoms with Crippen molar-refractivity contribution in [3.8, 4) is 11.5 Å². The molecule has 0 unspecified atom stereocenters. The minimum atomic E-state index is -3.72. The molecule has 2 aromatic carbocycles. The first-order valence-corrected chi connectivity index (χ1v) is 11.2. The lowest BCUT2D eigenvalue weighted by molar-refractivity contribution is -0.118. The number of anilines is 1. The molecule has 0 aliphatic carbocycles. The maximum absolute atomic E-state index is 12.9. The van der Waals surface area contributed by atoms with Gasteiger partial charge in [0.1, 0.15) is 13.2 Å². The normalized spacial score (nSPS) is 16.4. The predicted octanol–water partition coefficient (Wildman–Crippen LogP) is 2.80. The number of carbonyl (C=O) groups excluding carboxylic acids is 1. The Morgan fingerprint density at radius 2 is 1.90 bits per heavy atom. The fraction of sp³-hybridized carbons (Fsp3) is 0.381. The summed E-state index contributed by atoms with van der Waals surface area (Å²) >= 11 is 0. The van der Waals surface area contributed by atoms with Gasteiger partial charge in [0.15, 0.2) is 11.5 Å². The van der Waals surface area contributed by atoms with E-state index in [2.05, 4.69) is 4.72 Å². The maximum Gasteiger partial charge on any atom is 0.241 e. The highest BCUT2D eigenvalue weighted by Gasteiger charge is 2.27. The molecule has 0 bridgehead atoms. The number of nitrogens with zero attached hydrogens (tertiary/aromatic N) is 1. The van der Waals surface area contributed by atoms with Gasteiger partial charge in [-0.15, -0.1) is 0 Å². The number of hydrogen-bond acceptors (Lipinski definition) is 5. The summed E-state index contributed by atoms with van der Waals surface area (Å²) in [5, 5.41) is 0. The molecule has 0 spiro atoms. The fourth-order valence-electron chi connectivity index (χ4n) is 3.69.